The second-order valence-corrected chi connectivity index (χ2v) is 8.90. The number of furan rings is 1. The average molecular weight is 482 g/mol. The zero-order valence-electron chi connectivity index (χ0n) is 19.0. The van der Waals surface area contributed by atoms with Gasteiger partial charge in [0.05, 0.1) is 17.4 Å². The molecule has 0 saturated heterocycles. The molecule has 3 heterocycles. The number of benzene rings is 1. The molecule has 0 spiro atoms. The molecule has 3 aromatic heterocycles. The Labute approximate surface area is 198 Å². The van der Waals surface area contributed by atoms with E-state index in [1.165, 1.54) is 18.7 Å². The van der Waals surface area contributed by atoms with Crippen molar-refractivity contribution in [1.29, 1.82) is 0 Å². The van der Waals surface area contributed by atoms with Gasteiger partial charge in [-0.05, 0) is 45.4 Å². The number of para-hydroxylation sites is 1. The van der Waals surface area contributed by atoms with Gasteiger partial charge in [-0.3, -0.25) is 19.3 Å². The lowest BCUT2D eigenvalue weighted by Crippen LogP contribution is -2.25. The van der Waals surface area contributed by atoms with Crippen molar-refractivity contribution < 1.29 is 23.5 Å². The Morgan fingerprint density at radius 2 is 1.94 bits per heavy atom. The summed E-state index contributed by atoms with van der Waals surface area (Å²) in [5, 5.41) is 12.0. The average Bonchev–Trinajstić information content (AvgIpc) is 3.34. The first-order valence-corrected chi connectivity index (χ1v) is 11.4. The van der Waals surface area contributed by atoms with E-state index in [2.05, 4.69) is 15.5 Å². The van der Waals surface area contributed by atoms with Crippen molar-refractivity contribution >= 4 is 52.0 Å². The first-order chi connectivity index (χ1) is 16.2. The molecule has 1 atom stereocenters. The van der Waals surface area contributed by atoms with Gasteiger partial charge >= 0.3 is 5.97 Å². The molecule has 0 aliphatic heterocycles. The Balaban J connectivity index is 1.62. The fourth-order valence-corrected chi connectivity index (χ4v) is 4.56. The monoisotopic (exact) mass is 481 g/mol. The SMILES string of the molecule is CCOC(=O)c1c(C)oc(NC(=O)C(C)Sc2nnc3cc(C)c4ccccc4n23)c1C(N)=O. The van der Waals surface area contributed by atoms with Gasteiger partial charge in [0.1, 0.15) is 16.9 Å². The molecule has 0 aliphatic rings. The summed E-state index contributed by atoms with van der Waals surface area (Å²) in [6.45, 7) is 6.92. The number of carbonyl (C=O) groups is 3. The Bertz CT molecular complexity index is 1440. The molecule has 0 bridgehead atoms. The van der Waals surface area contributed by atoms with E-state index in [0.717, 1.165) is 16.5 Å². The molecule has 0 fully saturated rings. The number of nitrogens with two attached hydrogens (primary N) is 1. The second-order valence-electron chi connectivity index (χ2n) is 7.59. The summed E-state index contributed by atoms with van der Waals surface area (Å²) in [6.07, 6.45) is 0. The number of anilines is 1. The van der Waals surface area contributed by atoms with Crippen LogP contribution in [0.2, 0.25) is 0 Å². The van der Waals surface area contributed by atoms with E-state index in [1.807, 2.05) is 41.7 Å². The Morgan fingerprint density at radius 1 is 1.21 bits per heavy atom. The number of pyridine rings is 1. The normalized spacial score (nSPS) is 12.1. The Kier molecular flexibility index (Phi) is 6.29. The van der Waals surface area contributed by atoms with Crippen LogP contribution in [-0.4, -0.2) is 44.2 Å². The van der Waals surface area contributed by atoms with Crippen LogP contribution in [0.25, 0.3) is 16.6 Å². The number of rotatable bonds is 7. The predicted octanol–water partition coefficient (Wildman–Crippen LogP) is 3.49. The van der Waals surface area contributed by atoms with Crippen LogP contribution >= 0.6 is 11.8 Å². The molecule has 1 aromatic carbocycles. The molecule has 1 unspecified atom stereocenters. The number of hydrogen-bond donors (Lipinski definition) is 2. The van der Waals surface area contributed by atoms with E-state index in [-0.39, 0.29) is 29.4 Å². The van der Waals surface area contributed by atoms with Gasteiger partial charge in [0.2, 0.25) is 11.8 Å². The number of hydrogen-bond acceptors (Lipinski definition) is 8. The third-order valence-corrected chi connectivity index (χ3v) is 6.31. The third-order valence-electron chi connectivity index (χ3n) is 5.27. The summed E-state index contributed by atoms with van der Waals surface area (Å²) in [6, 6.07) is 9.81. The predicted molar refractivity (Wildman–Crippen MR) is 127 cm³/mol. The number of amides is 2. The number of esters is 1. The van der Waals surface area contributed by atoms with E-state index < -0.39 is 23.0 Å². The molecule has 0 saturated carbocycles. The molecule has 10 nitrogen and oxygen atoms in total. The van der Waals surface area contributed by atoms with Crippen molar-refractivity contribution in [3.05, 3.63) is 52.8 Å². The highest BCUT2D eigenvalue weighted by atomic mass is 32.2. The van der Waals surface area contributed by atoms with Crippen LogP contribution < -0.4 is 11.1 Å². The summed E-state index contributed by atoms with van der Waals surface area (Å²) >= 11 is 1.20. The van der Waals surface area contributed by atoms with Crippen molar-refractivity contribution in [2.45, 2.75) is 38.1 Å². The Morgan fingerprint density at radius 3 is 2.65 bits per heavy atom. The number of carbonyl (C=O) groups excluding carboxylic acids is 3. The van der Waals surface area contributed by atoms with Gasteiger partial charge in [-0.2, -0.15) is 0 Å². The molecule has 4 aromatic rings. The lowest BCUT2D eigenvalue weighted by atomic mass is 10.1. The molecule has 0 radical (unpaired) electrons. The number of ether oxygens (including phenoxy) is 1. The molecular weight excluding hydrogens is 458 g/mol. The summed E-state index contributed by atoms with van der Waals surface area (Å²) in [4.78, 5) is 37.3. The highest BCUT2D eigenvalue weighted by Crippen LogP contribution is 2.31. The van der Waals surface area contributed by atoms with Gasteiger partial charge in [-0.25, -0.2) is 4.79 Å². The molecule has 4 rings (SSSR count). The van der Waals surface area contributed by atoms with Gasteiger partial charge in [0, 0.05) is 5.39 Å². The topological polar surface area (TPSA) is 142 Å². The second kappa shape index (κ2) is 9.18. The number of aromatic nitrogens is 3. The van der Waals surface area contributed by atoms with Crippen molar-refractivity contribution in [2.24, 2.45) is 5.73 Å². The van der Waals surface area contributed by atoms with Gasteiger partial charge in [-0.1, -0.05) is 30.0 Å². The summed E-state index contributed by atoms with van der Waals surface area (Å²) in [7, 11) is 0. The van der Waals surface area contributed by atoms with Crippen LogP contribution in [0.4, 0.5) is 5.88 Å². The van der Waals surface area contributed by atoms with Crippen LogP contribution in [-0.2, 0) is 9.53 Å². The van der Waals surface area contributed by atoms with E-state index in [9.17, 15) is 14.4 Å². The third kappa shape index (κ3) is 4.10. The maximum atomic E-state index is 13.0. The van der Waals surface area contributed by atoms with Crippen molar-refractivity contribution in [3.63, 3.8) is 0 Å². The molecule has 11 heteroatoms. The van der Waals surface area contributed by atoms with Crippen LogP contribution in [0.1, 0.15) is 45.9 Å². The number of nitrogens with one attached hydrogen (secondary N) is 1. The van der Waals surface area contributed by atoms with Crippen LogP contribution in [0, 0.1) is 13.8 Å². The minimum Gasteiger partial charge on any atom is -0.462 e. The maximum absolute atomic E-state index is 13.0. The van der Waals surface area contributed by atoms with Crippen LogP contribution in [0.3, 0.4) is 0 Å². The van der Waals surface area contributed by atoms with Crippen molar-refractivity contribution in [2.75, 3.05) is 11.9 Å². The number of primary amides is 1. The highest BCUT2D eigenvalue weighted by molar-refractivity contribution is 8.00. The lowest BCUT2D eigenvalue weighted by molar-refractivity contribution is -0.115. The van der Waals surface area contributed by atoms with E-state index in [1.54, 1.807) is 13.8 Å². The minimum absolute atomic E-state index is 0.102. The van der Waals surface area contributed by atoms with Gasteiger partial charge < -0.3 is 14.9 Å². The van der Waals surface area contributed by atoms with Gasteiger partial charge in [0.15, 0.2) is 10.8 Å². The first kappa shape index (κ1) is 23.3. The Hall–Kier alpha value is -3.86. The van der Waals surface area contributed by atoms with Gasteiger partial charge in [0.25, 0.3) is 5.91 Å². The molecule has 3 N–H and O–H groups in total. The number of aryl methyl sites for hydroxylation is 2. The standard InChI is InChI=1S/C23H23N5O5S/c1-5-32-22(31)17-12(3)33-21(18(17)19(24)29)25-20(30)13(4)34-23-27-26-16-10-11(2)14-8-6-7-9-15(14)28(16)23/h6-10,13H,5H2,1-4H3,(H2,24,29)(H,25,30). The molecular formula is C23H23N5O5S. The van der Waals surface area contributed by atoms with Crippen LogP contribution in [0.15, 0.2) is 39.9 Å². The smallest absolute Gasteiger partial charge is 0.342 e. The number of fused-ring (bicyclic) bond motifs is 3. The van der Waals surface area contributed by atoms with Gasteiger partial charge in [-0.15, -0.1) is 10.2 Å². The summed E-state index contributed by atoms with van der Waals surface area (Å²) < 4.78 is 12.4. The fourth-order valence-electron chi connectivity index (χ4n) is 3.69. The molecule has 34 heavy (non-hydrogen) atoms. The molecule has 0 aliphatic carbocycles. The van der Waals surface area contributed by atoms with E-state index in [4.69, 9.17) is 14.9 Å². The van der Waals surface area contributed by atoms with Crippen molar-refractivity contribution in [1.82, 2.24) is 14.6 Å². The summed E-state index contributed by atoms with van der Waals surface area (Å²) in [5.74, 6) is -2.21. The van der Waals surface area contributed by atoms with E-state index in [0.29, 0.717) is 10.8 Å². The molecule has 176 valence electrons. The number of thioether (sulfide) groups is 1. The lowest BCUT2D eigenvalue weighted by Gasteiger charge is -2.11. The zero-order chi connectivity index (χ0) is 24.6. The quantitative estimate of drug-likeness (QED) is 0.302. The maximum Gasteiger partial charge on any atom is 0.342 e. The fraction of sp³-hybridized carbons (Fsp3) is 0.261. The van der Waals surface area contributed by atoms with Crippen molar-refractivity contribution in [3.8, 4) is 0 Å². The number of nitrogens with zero attached hydrogens (tertiary/aromatic N) is 3. The van der Waals surface area contributed by atoms with E-state index >= 15 is 0 Å². The van der Waals surface area contributed by atoms with Crippen LogP contribution in [0.5, 0.6) is 0 Å². The molecule has 2 amide bonds. The highest BCUT2D eigenvalue weighted by Gasteiger charge is 2.30. The minimum atomic E-state index is -0.916. The first-order valence-electron chi connectivity index (χ1n) is 10.5. The zero-order valence-corrected chi connectivity index (χ0v) is 19.9. The summed E-state index contributed by atoms with van der Waals surface area (Å²) in [5.41, 5.74) is 7.81. The largest absolute Gasteiger partial charge is 0.462 e.